The van der Waals surface area contributed by atoms with Gasteiger partial charge in [-0.1, -0.05) is 25.2 Å². The first-order valence-corrected chi connectivity index (χ1v) is 13.6. The van der Waals surface area contributed by atoms with E-state index in [-0.39, 0.29) is 49.4 Å². The third-order valence-corrected chi connectivity index (χ3v) is 8.11. The number of nitrogens with two attached hydrogens (primary N) is 1. The number of thiazole rings is 1. The van der Waals surface area contributed by atoms with Gasteiger partial charge in [0.2, 0.25) is 0 Å². The normalized spacial score (nSPS) is 19.4. The lowest BCUT2D eigenvalue weighted by Gasteiger charge is -2.18. The van der Waals surface area contributed by atoms with E-state index in [2.05, 4.69) is 19.9 Å². The van der Waals surface area contributed by atoms with Crippen LogP contribution < -0.4 is 10.5 Å². The lowest BCUT2D eigenvalue weighted by atomic mass is 9.93. The number of nitrogen functional groups attached to an aromatic ring is 1. The van der Waals surface area contributed by atoms with Crippen LogP contribution in [0.4, 0.5) is 31.5 Å². The van der Waals surface area contributed by atoms with E-state index in [1.807, 2.05) is 0 Å². The lowest BCUT2D eigenvalue weighted by Crippen LogP contribution is -2.22. The van der Waals surface area contributed by atoms with Gasteiger partial charge in [0.25, 0.3) is 0 Å². The SMILES string of the molecule is COc1nc(C(C)C)c2cc(C(F)(F)F)c(-c3ccc(F)c4sc(N)nc34)c(F)c2n1.F[C@@H]1CC2CCCN2C1. The second-order valence-electron chi connectivity index (χ2n) is 10.2. The first kappa shape index (κ1) is 28.3. The lowest BCUT2D eigenvalue weighted by molar-refractivity contribution is -0.137. The monoisotopic (exact) mass is 583 g/mol. The first-order chi connectivity index (χ1) is 18.9. The van der Waals surface area contributed by atoms with E-state index in [0.29, 0.717) is 12.6 Å². The minimum absolute atomic E-state index is 0.0535. The molecule has 2 aromatic carbocycles. The molecule has 13 heteroatoms. The summed E-state index contributed by atoms with van der Waals surface area (Å²) in [6.07, 6.45) is -2.10. The van der Waals surface area contributed by atoms with Gasteiger partial charge < -0.3 is 10.5 Å². The molecule has 214 valence electrons. The van der Waals surface area contributed by atoms with Crippen molar-refractivity contribution < 1.29 is 31.1 Å². The molecule has 4 aromatic rings. The fourth-order valence-electron chi connectivity index (χ4n) is 5.47. The zero-order valence-corrected chi connectivity index (χ0v) is 22.8. The van der Waals surface area contributed by atoms with Gasteiger partial charge in [0.05, 0.1) is 28.6 Å². The quantitative estimate of drug-likeness (QED) is 0.259. The van der Waals surface area contributed by atoms with Crippen molar-refractivity contribution in [2.75, 3.05) is 25.9 Å². The fraction of sp³-hybridized carbons (Fsp3) is 0.444. The predicted octanol–water partition coefficient (Wildman–Crippen LogP) is 7.11. The summed E-state index contributed by atoms with van der Waals surface area (Å²) in [6, 6.07) is 3.26. The molecule has 2 N–H and O–H groups in total. The Bertz CT molecular complexity index is 1560. The highest BCUT2D eigenvalue weighted by Gasteiger charge is 2.38. The van der Waals surface area contributed by atoms with Crippen molar-refractivity contribution in [3.63, 3.8) is 0 Å². The largest absolute Gasteiger partial charge is 0.467 e. The van der Waals surface area contributed by atoms with Crippen LogP contribution in [0.1, 0.15) is 50.3 Å². The number of hydrogen-bond donors (Lipinski definition) is 1. The Kier molecular flexibility index (Phi) is 7.55. The second-order valence-corrected chi connectivity index (χ2v) is 11.2. The fourth-order valence-corrected chi connectivity index (χ4v) is 6.23. The molecule has 2 aliphatic rings. The Labute approximate surface area is 230 Å². The van der Waals surface area contributed by atoms with Gasteiger partial charge in [0, 0.05) is 29.1 Å². The number of benzene rings is 2. The molecule has 0 aliphatic carbocycles. The standard InChI is InChI=1S/C20H15F5N4OS.C7H12FN/c1-7(2)14-9-6-10(20(23,24)25)12(13(22)15(9)29-19(28-14)30-3)8-4-5-11(21)17-16(8)27-18(26)31-17;8-6-4-7-2-1-3-9(7)5-6/h4-7H,1-3H3,(H2,26,27);6-7H,1-5H2/t;6-,7?/m.1/s1. The molecule has 1 unspecified atom stereocenters. The van der Waals surface area contributed by atoms with Crippen LogP contribution in [0.25, 0.3) is 32.2 Å². The van der Waals surface area contributed by atoms with Gasteiger partial charge >= 0.3 is 12.2 Å². The van der Waals surface area contributed by atoms with Crippen molar-refractivity contribution in [1.29, 1.82) is 0 Å². The van der Waals surface area contributed by atoms with Crippen LogP contribution in [-0.4, -0.2) is 52.3 Å². The summed E-state index contributed by atoms with van der Waals surface area (Å²) in [7, 11) is 1.27. The van der Waals surface area contributed by atoms with E-state index in [1.54, 1.807) is 13.8 Å². The Hall–Kier alpha value is -3.19. The van der Waals surface area contributed by atoms with Gasteiger partial charge in [0.1, 0.15) is 17.5 Å². The predicted molar refractivity (Wildman–Crippen MR) is 142 cm³/mol. The molecule has 6 nitrogen and oxygen atoms in total. The molecule has 0 saturated carbocycles. The highest BCUT2D eigenvalue weighted by Crippen LogP contribution is 2.45. The van der Waals surface area contributed by atoms with Gasteiger partial charge in [0.15, 0.2) is 10.9 Å². The molecular formula is C27H27F6N5OS. The van der Waals surface area contributed by atoms with Gasteiger partial charge in [-0.15, -0.1) is 0 Å². The number of rotatable bonds is 3. The van der Waals surface area contributed by atoms with Crippen molar-refractivity contribution in [3.8, 4) is 17.1 Å². The summed E-state index contributed by atoms with van der Waals surface area (Å²) >= 11 is 0.765. The highest BCUT2D eigenvalue weighted by atomic mass is 32.1. The van der Waals surface area contributed by atoms with Gasteiger partial charge in [-0.3, -0.25) is 4.90 Å². The van der Waals surface area contributed by atoms with E-state index < -0.39 is 35.1 Å². The highest BCUT2D eigenvalue weighted by molar-refractivity contribution is 7.22. The number of halogens is 6. The molecule has 4 heterocycles. The van der Waals surface area contributed by atoms with Crippen molar-refractivity contribution >= 4 is 37.6 Å². The third-order valence-electron chi connectivity index (χ3n) is 7.22. The molecule has 2 saturated heterocycles. The Morgan fingerprint density at radius 2 is 1.88 bits per heavy atom. The number of aromatic nitrogens is 3. The Morgan fingerprint density at radius 3 is 2.52 bits per heavy atom. The molecule has 2 aromatic heterocycles. The molecule has 6 rings (SSSR count). The van der Waals surface area contributed by atoms with Crippen LogP contribution in [0.3, 0.4) is 0 Å². The Balaban J connectivity index is 0.000000301. The summed E-state index contributed by atoms with van der Waals surface area (Å²) in [5, 5.41) is -0.136. The average Bonchev–Trinajstić information content (AvgIpc) is 3.58. The maximum Gasteiger partial charge on any atom is 0.417 e. The maximum atomic E-state index is 15.7. The molecule has 0 bridgehead atoms. The van der Waals surface area contributed by atoms with E-state index in [1.165, 1.54) is 20.0 Å². The number of anilines is 1. The topological polar surface area (TPSA) is 77.2 Å². The van der Waals surface area contributed by atoms with Crippen LogP contribution in [0.2, 0.25) is 0 Å². The zero-order chi connectivity index (χ0) is 28.9. The molecule has 2 fully saturated rings. The van der Waals surface area contributed by atoms with Crippen LogP contribution in [-0.2, 0) is 6.18 Å². The maximum absolute atomic E-state index is 15.7. The van der Waals surface area contributed by atoms with Crippen molar-refractivity contribution in [2.24, 2.45) is 0 Å². The number of nitrogens with zero attached hydrogens (tertiary/aromatic N) is 4. The van der Waals surface area contributed by atoms with E-state index >= 15 is 4.39 Å². The molecule has 2 atom stereocenters. The number of fused-ring (bicyclic) bond motifs is 3. The molecule has 0 amide bonds. The molecule has 0 radical (unpaired) electrons. The van der Waals surface area contributed by atoms with Crippen molar-refractivity contribution in [2.45, 2.75) is 57.4 Å². The van der Waals surface area contributed by atoms with Crippen LogP contribution in [0, 0.1) is 11.6 Å². The summed E-state index contributed by atoms with van der Waals surface area (Å²) in [6.45, 7) is 5.28. The smallest absolute Gasteiger partial charge is 0.417 e. The minimum Gasteiger partial charge on any atom is -0.467 e. The zero-order valence-electron chi connectivity index (χ0n) is 22.0. The van der Waals surface area contributed by atoms with Crippen LogP contribution in [0.15, 0.2) is 18.2 Å². The van der Waals surface area contributed by atoms with Crippen molar-refractivity contribution in [3.05, 3.63) is 41.1 Å². The molecule has 0 spiro atoms. The summed E-state index contributed by atoms with van der Waals surface area (Å²) in [4.78, 5) is 14.3. The number of ether oxygens (including phenoxy) is 1. The minimum atomic E-state index is -4.92. The van der Waals surface area contributed by atoms with Gasteiger partial charge in [-0.25, -0.2) is 18.2 Å². The molecule has 2 aliphatic heterocycles. The summed E-state index contributed by atoms with van der Waals surface area (Å²) in [5.74, 6) is -2.28. The van der Waals surface area contributed by atoms with Crippen molar-refractivity contribution in [1.82, 2.24) is 19.9 Å². The van der Waals surface area contributed by atoms with E-state index in [0.717, 1.165) is 42.5 Å². The number of hydrogen-bond acceptors (Lipinski definition) is 7. The van der Waals surface area contributed by atoms with E-state index in [4.69, 9.17) is 10.5 Å². The number of methoxy groups -OCH3 is 1. The Morgan fingerprint density at radius 1 is 1.12 bits per heavy atom. The summed E-state index contributed by atoms with van der Waals surface area (Å²) in [5.41, 5.74) is 3.09. The average molecular weight is 584 g/mol. The summed E-state index contributed by atoms with van der Waals surface area (Å²) < 4.78 is 89.7. The third kappa shape index (κ3) is 5.16. The second kappa shape index (κ2) is 10.7. The molecular weight excluding hydrogens is 556 g/mol. The van der Waals surface area contributed by atoms with Gasteiger partial charge in [-0.05, 0) is 49.9 Å². The van der Waals surface area contributed by atoms with Gasteiger partial charge in [-0.2, -0.15) is 23.1 Å². The van der Waals surface area contributed by atoms with E-state index in [9.17, 15) is 22.0 Å². The van der Waals surface area contributed by atoms with Crippen LogP contribution in [0.5, 0.6) is 6.01 Å². The number of alkyl halides is 4. The first-order valence-electron chi connectivity index (χ1n) is 12.8. The van der Waals surface area contributed by atoms with Crippen LogP contribution >= 0.6 is 11.3 Å². The molecule has 40 heavy (non-hydrogen) atoms.